The van der Waals surface area contributed by atoms with Crippen molar-refractivity contribution in [1.29, 1.82) is 0 Å². The maximum atomic E-state index is 13.3. The lowest BCUT2D eigenvalue weighted by molar-refractivity contribution is -0.927. The number of carbonyl (C=O) groups is 2. The molecule has 2 heterocycles. The van der Waals surface area contributed by atoms with E-state index in [4.69, 9.17) is 11.6 Å². The Morgan fingerprint density at radius 2 is 2.23 bits per heavy atom. The van der Waals surface area contributed by atoms with E-state index in [-0.39, 0.29) is 29.2 Å². The number of amides is 2. The molecule has 0 radical (unpaired) electrons. The van der Waals surface area contributed by atoms with Gasteiger partial charge in [0.2, 0.25) is 11.8 Å². The van der Waals surface area contributed by atoms with Crippen molar-refractivity contribution < 1.29 is 18.9 Å². The number of piperidine rings is 1. The van der Waals surface area contributed by atoms with Crippen LogP contribution in [0.3, 0.4) is 0 Å². The van der Waals surface area contributed by atoms with Gasteiger partial charge in [0.05, 0.1) is 36.6 Å². The molecule has 2 N–H and O–H groups in total. The van der Waals surface area contributed by atoms with E-state index in [2.05, 4.69) is 12.2 Å². The quantitative estimate of drug-likeness (QED) is 0.809. The first-order chi connectivity index (χ1) is 12.5. The van der Waals surface area contributed by atoms with Gasteiger partial charge < -0.3 is 15.1 Å². The molecule has 0 aromatic heterocycles. The maximum absolute atomic E-state index is 13.3. The van der Waals surface area contributed by atoms with E-state index in [0.29, 0.717) is 24.8 Å². The van der Waals surface area contributed by atoms with Crippen molar-refractivity contribution in [1.82, 2.24) is 5.32 Å². The van der Waals surface area contributed by atoms with E-state index in [1.165, 1.54) is 42.4 Å². The van der Waals surface area contributed by atoms with Gasteiger partial charge in [-0.1, -0.05) is 11.6 Å². The Bertz CT molecular complexity index is 685. The number of carbonyl (C=O) groups excluding carboxylic acids is 2. The number of hydrogen-bond acceptors (Lipinski definition) is 2. The van der Waals surface area contributed by atoms with Crippen LogP contribution in [0.4, 0.5) is 10.1 Å². The van der Waals surface area contributed by atoms with Crippen LogP contribution in [0.2, 0.25) is 5.02 Å². The van der Waals surface area contributed by atoms with Crippen LogP contribution >= 0.6 is 11.6 Å². The second-order valence-corrected chi connectivity index (χ2v) is 7.76. The average Bonchev–Trinajstić information content (AvgIpc) is 3.01. The van der Waals surface area contributed by atoms with Gasteiger partial charge in [0, 0.05) is 18.7 Å². The van der Waals surface area contributed by atoms with E-state index in [0.717, 1.165) is 13.1 Å². The molecule has 3 unspecified atom stereocenters. The predicted molar refractivity (Wildman–Crippen MR) is 98.9 cm³/mol. The van der Waals surface area contributed by atoms with Crippen LogP contribution in [0.25, 0.3) is 0 Å². The molecule has 26 heavy (non-hydrogen) atoms. The first kappa shape index (κ1) is 19.1. The smallest absolute Gasteiger partial charge is 0.227 e. The molecule has 2 amide bonds. The number of nitrogens with one attached hydrogen (secondary N) is 2. The van der Waals surface area contributed by atoms with E-state index in [1.807, 2.05) is 0 Å². The molecular formula is C19H26ClFN3O2+. The number of quaternary nitrogens is 1. The SMILES string of the molecule is CC1CCCC[NH+]1CCNC(=O)C1CC(=O)N(c2ccc(F)c(Cl)c2)C1. The summed E-state index contributed by atoms with van der Waals surface area (Å²) in [6.45, 7) is 5.28. The summed E-state index contributed by atoms with van der Waals surface area (Å²) >= 11 is 5.80. The fourth-order valence-electron chi connectivity index (χ4n) is 3.90. The molecule has 2 fully saturated rings. The molecule has 1 aromatic rings. The molecule has 0 saturated carbocycles. The van der Waals surface area contributed by atoms with Gasteiger partial charge in [-0.25, -0.2) is 4.39 Å². The lowest BCUT2D eigenvalue weighted by Crippen LogP contribution is -3.16. The molecule has 3 atom stereocenters. The van der Waals surface area contributed by atoms with Crippen LogP contribution in [0, 0.1) is 11.7 Å². The number of halogens is 2. The van der Waals surface area contributed by atoms with Crippen molar-refractivity contribution in [2.45, 2.75) is 38.6 Å². The number of hydrogen-bond donors (Lipinski definition) is 2. The van der Waals surface area contributed by atoms with E-state index >= 15 is 0 Å². The van der Waals surface area contributed by atoms with Crippen LogP contribution < -0.4 is 15.1 Å². The van der Waals surface area contributed by atoms with Gasteiger partial charge in [-0.15, -0.1) is 0 Å². The maximum Gasteiger partial charge on any atom is 0.227 e. The highest BCUT2D eigenvalue weighted by atomic mass is 35.5. The normalized spacial score (nSPS) is 26.2. The molecule has 0 bridgehead atoms. The van der Waals surface area contributed by atoms with Crippen molar-refractivity contribution in [2.24, 2.45) is 5.92 Å². The van der Waals surface area contributed by atoms with Crippen molar-refractivity contribution >= 4 is 29.1 Å². The highest BCUT2D eigenvalue weighted by Gasteiger charge is 2.35. The molecule has 7 heteroatoms. The second kappa shape index (κ2) is 8.35. The van der Waals surface area contributed by atoms with Gasteiger partial charge >= 0.3 is 0 Å². The van der Waals surface area contributed by atoms with Crippen molar-refractivity contribution in [3.8, 4) is 0 Å². The average molecular weight is 383 g/mol. The third-order valence-corrected chi connectivity index (χ3v) is 5.83. The predicted octanol–water partition coefficient (Wildman–Crippen LogP) is 1.41. The first-order valence-corrected chi connectivity index (χ1v) is 9.71. The zero-order valence-electron chi connectivity index (χ0n) is 15.1. The van der Waals surface area contributed by atoms with Gasteiger partial charge in [0.1, 0.15) is 5.82 Å². The topological polar surface area (TPSA) is 53.9 Å². The van der Waals surface area contributed by atoms with Gasteiger partial charge in [0.15, 0.2) is 0 Å². The molecule has 0 aliphatic carbocycles. The Balaban J connectivity index is 1.51. The van der Waals surface area contributed by atoms with Crippen molar-refractivity contribution in [2.75, 3.05) is 31.1 Å². The fraction of sp³-hybridized carbons (Fsp3) is 0.579. The van der Waals surface area contributed by atoms with Crippen molar-refractivity contribution in [3.05, 3.63) is 29.0 Å². The van der Waals surface area contributed by atoms with Gasteiger partial charge in [-0.05, 0) is 44.4 Å². The molecule has 2 aliphatic heterocycles. The Kier molecular flexibility index (Phi) is 6.14. The standard InChI is InChI=1S/C19H25ClFN3O2/c1-13-4-2-3-8-23(13)9-7-22-19(26)14-10-18(25)24(12-14)15-5-6-17(21)16(20)11-15/h5-6,11,13-14H,2-4,7-10,12H2,1H3,(H,22,26)/p+1. The summed E-state index contributed by atoms with van der Waals surface area (Å²) in [6.07, 6.45) is 3.97. The summed E-state index contributed by atoms with van der Waals surface area (Å²) in [7, 11) is 0. The number of rotatable bonds is 5. The summed E-state index contributed by atoms with van der Waals surface area (Å²) in [6, 6.07) is 4.82. The van der Waals surface area contributed by atoms with Crippen LogP contribution in [0.15, 0.2) is 18.2 Å². The third-order valence-electron chi connectivity index (χ3n) is 5.54. The summed E-state index contributed by atoms with van der Waals surface area (Å²) in [5, 5.41) is 2.95. The van der Waals surface area contributed by atoms with Gasteiger partial charge in [-0.3, -0.25) is 9.59 Å². The van der Waals surface area contributed by atoms with E-state index < -0.39 is 5.82 Å². The van der Waals surface area contributed by atoms with Crippen LogP contribution in [0.5, 0.6) is 0 Å². The molecule has 2 saturated heterocycles. The molecule has 142 valence electrons. The Morgan fingerprint density at radius 1 is 1.42 bits per heavy atom. The van der Waals surface area contributed by atoms with Crippen LogP contribution in [-0.2, 0) is 9.59 Å². The minimum absolute atomic E-state index is 0.0261. The Hall–Kier alpha value is -1.66. The van der Waals surface area contributed by atoms with Crippen molar-refractivity contribution in [3.63, 3.8) is 0 Å². The molecule has 1 aromatic carbocycles. The first-order valence-electron chi connectivity index (χ1n) is 9.33. The van der Waals surface area contributed by atoms with Crippen LogP contribution in [0.1, 0.15) is 32.6 Å². The summed E-state index contributed by atoms with van der Waals surface area (Å²) in [5.41, 5.74) is 0.531. The van der Waals surface area contributed by atoms with Crippen LogP contribution in [-0.4, -0.2) is 44.0 Å². The highest BCUT2D eigenvalue weighted by Crippen LogP contribution is 2.28. The van der Waals surface area contributed by atoms with Gasteiger partial charge in [-0.2, -0.15) is 0 Å². The van der Waals surface area contributed by atoms with E-state index in [9.17, 15) is 14.0 Å². The Morgan fingerprint density at radius 3 is 2.96 bits per heavy atom. The monoisotopic (exact) mass is 382 g/mol. The number of anilines is 1. The number of benzene rings is 1. The summed E-state index contributed by atoms with van der Waals surface area (Å²) in [5.74, 6) is -1.12. The largest absolute Gasteiger partial charge is 0.350 e. The molecule has 5 nitrogen and oxygen atoms in total. The lowest BCUT2D eigenvalue weighted by Gasteiger charge is -2.30. The van der Waals surface area contributed by atoms with Gasteiger partial charge in [0.25, 0.3) is 0 Å². The third kappa shape index (κ3) is 4.35. The zero-order valence-corrected chi connectivity index (χ0v) is 15.8. The highest BCUT2D eigenvalue weighted by molar-refractivity contribution is 6.31. The molecule has 3 rings (SSSR count). The molecule has 2 aliphatic rings. The molecule has 0 spiro atoms. The summed E-state index contributed by atoms with van der Waals surface area (Å²) in [4.78, 5) is 27.7. The summed E-state index contributed by atoms with van der Waals surface area (Å²) < 4.78 is 13.3. The second-order valence-electron chi connectivity index (χ2n) is 7.35. The number of likely N-dealkylation sites (tertiary alicyclic amines) is 1. The lowest BCUT2D eigenvalue weighted by atomic mass is 10.0. The Labute approximate surface area is 158 Å². The fourth-order valence-corrected chi connectivity index (χ4v) is 4.08. The minimum Gasteiger partial charge on any atom is -0.350 e. The molecular weight excluding hydrogens is 357 g/mol. The van der Waals surface area contributed by atoms with E-state index in [1.54, 1.807) is 4.90 Å². The zero-order chi connectivity index (χ0) is 18.7. The number of nitrogens with zero attached hydrogens (tertiary/aromatic N) is 1. The minimum atomic E-state index is -0.522.